The van der Waals surface area contributed by atoms with Crippen LogP contribution in [0.3, 0.4) is 0 Å². The number of rotatable bonds is 4. The molecule has 0 aliphatic carbocycles. The van der Waals surface area contributed by atoms with Gasteiger partial charge < -0.3 is 20.3 Å². The molecule has 0 spiro atoms. The van der Waals surface area contributed by atoms with Gasteiger partial charge in [-0.05, 0) is 43.6 Å². The van der Waals surface area contributed by atoms with Crippen molar-refractivity contribution in [3.05, 3.63) is 28.2 Å². The van der Waals surface area contributed by atoms with E-state index in [0.29, 0.717) is 6.54 Å². The van der Waals surface area contributed by atoms with Gasteiger partial charge in [-0.3, -0.25) is 4.79 Å². The summed E-state index contributed by atoms with van der Waals surface area (Å²) in [6.07, 6.45) is 1.87. The van der Waals surface area contributed by atoms with Crippen LogP contribution < -0.4 is 15.5 Å². The quantitative estimate of drug-likeness (QED) is 0.788. The molecule has 2 fully saturated rings. The summed E-state index contributed by atoms with van der Waals surface area (Å²) in [5, 5.41) is 6.43. The highest BCUT2D eigenvalue weighted by Crippen LogP contribution is 2.26. The number of ether oxygens (including phenoxy) is 1. The van der Waals surface area contributed by atoms with E-state index in [4.69, 9.17) is 4.74 Å². The lowest BCUT2D eigenvalue weighted by Gasteiger charge is -2.31. The fraction of sp³-hybridized carbons (Fsp3) is 0.588. The number of benzene rings is 1. The van der Waals surface area contributed by atoms with E-state index in [1.54, 1.807) is 0 Å². The van der Waals surface area contributed by atoms with Crippen molar-refractivity contribution >= 4 is 39.9 Å². The maximum absolute atomic E-state index is 12.3. The normalized spacial score (nSPS) is 18.8. The number of anilines is 1. The summed E-state index contributed by atoms with van der Waals surface area (Å²) in [7, 11) is 0. The molecule has 0 atom stereocenters. The Hall–Kier alpha value is -0.820. The van der Waals surface area contributed by atoms with Crippen molar-refractivity contribution < 1.29 is 9.53 Å². The highest BCUT2D eigenvalue weighted by Gasteiger charge is 2.21. The average molecular weight is 419 g/mol. The maximum atomic E-state index is 12.3. The van der Waals surface area contributed by atoms with Crippen LogP contribution in [0.15, 0.2) is 22.7 Å². The van der Waals surface area contributed by atoms with E-state index in [9.17, 15) is 4.79 Å². The molecule has 0 saturated carbocycles. The van der Waals surface area contributed by atoms with Crippen LogP contribution in [-0.2, 0) is 16.1 Å². The smallest absolute Gasteiger partial charge is 0.223 e. The molecule has 134 valence electrons. The van der Waals surface area contributed by atoms with Gasteiger partial charge in [-0.2, -0.15) is 0 Å². The first kappa shape index (κ1) is 19.5. The third-order valence-electron chi connectivity index (χ3n) is 4.56. The van der Waals surface area contributed by atoms with E-state index in [-0.39, 0.29) is 24.2 Å². The van der Waals surface area contributed by atoms with Crippen LogP contribution in [0.25, 0.3) is 0 Å². The topological polar surface area (TPSA) is 53.6 Å². The first-order valence-electron chi connectivity index (χ1n) is 8.33. The molecule has 2 saturated heterocycles. The highest BCUT2D eigenvalue weighted by atomic mass is 79.9. The summed E-state index contributed by atoms with van der Waals surface area (Å²) in [6, 6.07) is 6.27. The van der Waals surface area contributed by atoms with Crippen molar-refractivity contribution in [1.29, 1.82) is 0 Å². The number of carbonyl (C=O) groups excluding carboxylic acids is 1. The number of hydrogen-bond acceptors (Lipinski definition) is 4. The minimum Gasteiger partial charge on any atom is -0.378 e. The Morgan fingerprint density at radius 3 is 2.71 bits per heavy atom. The number of nitrogens with one attached hydrogen (secondary N) is 2. The number of carbonyl (C=O) groups is 1. The second-order valence-corrected chi connectivity index (χ2v) is 7.03. The summed E-state index contributed by atoms with van der Waals surface area (Å²) < 4.78 is 6.50. The average Bonchev–Trinajstić information content (AvgIpc) is 2.62. The minimum absolute atomic E-state index is 0. The molecule has 7 heteroatoms. The van der Waals surface area contributed by atoms with E-state index in [0.717, 1.165) is 62.3 Å². The molecule has 2 heterocycles. The Bertz CT molecular complexity index is 547. The third kappa shape index (κ3) is 5.09. The van der Waals surface area contributed by atoms with Gasteiger partial charge >= 0.3 is 0 Å². The zero-order valence-electron chi connectivity index (χ0n) is 13.7. The van der Waals surface area contributed by atoms with E-state index in [1.807, 2.05) is 6.07 Å². The molecule has 24 heavy (non-hydrogen) atoms. The Labute approximate surface area is 158 Å². The SMILES string of the molecule is Cl.O=C(NCc1ccc(Br)cc1N1CCOCC1)C1CCNCC1. The fourth-order valence-electron chi connectivity index (χ4n) is 3.20. The summed E-state index contributed by atoms with van der Waals surface area (Å²) in [5.41, 5.74) is 2.35. The lowest BCUT2D eigenvalue weighted by atomic mass is 9.97. The van der Waals surface area contributed by atoms with Crippen LogP contribution >= 0.6 is 28.3 Å². The van der Waals surface area contributed by atoms with Crippen LogP contribution in [-0.4, -0.2) is 45.3 Å². The maximum Gasteiger partial charge on any atom is 0.223 e. The summed E-state index contributed by atoms with van der Waals surface area (Å²) in [6.45, 7) is 5.77. The summed E-state index contributed by atoms with van der Waals surface area (Å²) in [5.74, 6) is 0.334. The van der Waals surface area contributed by atoms with Gasteiger partial charge in [-0.1, -0.05) is 22.0 Å². The van der Waals surface area contributed by atoms with Crippen molar-refractivity contribution in [2.45, 2.75) is 19.4 Å². The van der Waals surface area contributed by atoms with Gasteiger partial charge in [-0.15, -0.1) is 12.4 Å². The molecule has 2 N–H and O–H groups in total. The van der Waals surface area contributed by atoms with E-state index >= 15 is 0 Å². The minimum atomic E-state index is 0. The zero-order valence-corrected chi connectivity index (χ0v) is 16.1. The van der Waals surface area contributed by atoms with E-state index in [2.05, 4.69) is 43.6 Å². The Balaban J connectivity index is 0.00000208. The van der Waals surface area contributed by atoms with Gasteiger partial charge in [-0.25, -0.2) is 0 Å². The van der Waals surface area contributed by atoms with Crippen molar-refractivity contribution in [3.63, 3.8) is 0 Å². The number of morpholine rings is 1. The molecule has 3 rings (SSSR count). The van der Waals surface area contributed by atoms with Crippen molar-refractivity contribution in [1.82, 2.24) is 10.6 Å². The molecule has 1 aromatic carbocycles. The van der Waals surface area contributed by atoms with Crippen LogP contribution in [0.2, 0.25) is 0 Å². The summed E-state index contributed by atoms with van der Waals surface area (Å²) in [4.78, 5) is 14.7. The number of piperidine rings is 1. The molecule has 1 aromatic rings. The second-order valence-electron chi connectivity index (χ2n) is 6.11. The summed E-state index contributed by atoms with van der Waals surface area (Å²) >= 11 is 3.55. The molecule has 0 unspecified atom stereocenters. The standard InChI is InChI=1S/C17H24BrN3O2.ClH/c18-15-2-1-14(16(11-15)21-7-9-23-10-8-21)12-20-17(22)13-3-5-19-6-4-13;/h1-2,11,13,19H,3-10,12H2,(H,20,22);1H. The van der Waals surface area contributed by atoms with Gasteiger partial charge in [0, 0.05) is 35.7 Å². The first-order valence-corrected chi connectivity index (χ1v) is 9.13. The molecule has 0 bridgehead atoms. The molecule has 5 nitrogen and oxygen atoms in total. The van der Waals surface area contributed by atoms with Crippen molar-refractivity contribution in [3.8, 4) is 0 Å². The molecular formula is C17H25BrClN3O2. The first-order chi connectivity index (χ1) is 11.2. The molecule has 0 radical (unpaired) electrons. The monoisotopic (exact) mass is 417 g/mol. The Kier molecular flexibility index (Phi) is 7.81. The Morgan fingerprint density at radius 1 is 1.29 bits per heavy atom. The zero-order chi connectivity index (χ0) is 16.1. The van der Waals surface area contributed by atoms with E-state index in [1.165, 1.54) is 5.69 Å². The van der Waals surface area contributed by atoms with Gasteiger partial charge in [0.25, 0.3) is 0 Å². The van der Waals surface area contributed by atoms with Crippen molar-refractivity contribution in [2.24, 2.45) is 5.92 Å². The number of amides is 1. The molecule has 1 amide bonds. The third-order valence-corrected chi connectivity index (χ3v) is 5.06. The lowest BCUT2D eigenvalue weighted by molar-refractivity contribution is -0.125. The van der Waals surface area contributed by atoms with E-state index < -0.39 is 0 Å². The Morgan fingerprint density at radius 2 is 2.00 bits per heavy atom. The molecule has 2 aliphatic rings. The predicted molar refractivity (Wildman–Crippen MR) is 102 cm³/mol. The lowest BCUT2D eigenvalue weighted by Crippen LogP contribution is -2.39. The second kappa shape index (κ2) is 9.61. The number of hydrogen-bond donors (Lipinski definition) is 2. The largest absolute Gasteiger partial charge is 0.378 e. The van der Waals surface area contributed by atoms with Gasteiger partial charge in [0.15, 0.2) is 0 Å². The fourth-order valence-corrected chi connectivity index (χ4v) is 3.54. The van der Waals surface area contributed by atoms with Crippen LogP contribution in [0, 0.1) is 5.92 Å². The van der Waals surface area contributed by atoms with Gasteiger partial charge in [0.05, 0.1) is 13.2 Å². The molecule has 0 aromatic heterocycles. The van der Waals surface area contributed by atoms with Crippen LogP contribution in [0.1, 0.15) is 18.4 Å². The number of nitrogens with zero attached hydrogens (tertiary/aromatic N) is 1. The van der Waals surface area contributed by atoms with Gasteiger partial charge in [0.2, 0.25) is 5.91 Å². The van der Waals surface area contributed by atoms with Crippen LogP contribution in [0.5, 0.6) is 0 Å². The van der Waals surface area contributed by atoms with Crippen LogP contribution in [0.4, 0.5) is 5.69 Å². The van der Waals surface area contributed by atoms with Crippen molar-refractivity contribution in [2.75, 3.05) is 44.3 Å². The molecular weight excluding hydrogens is 394 g/mol. The number of halogens is 2. The molecule has 2 aliphatic heterocycles. The predicted octanol–water partition coefficient (Wildman–Crippen LogP) is 2.32. The van der Waals surface area contributed by atoms with Gasteiger partial charge in [0.1, 0.15) is 0 Å². The highest BCUT2D eigenvalue weighted by molar-refractivity contribution is 9.10.